The fraction of sp³-hybridized carbons (Fsp3) is 0. The van der Waals surface area contributed by atoms with Gasteiger partial charge in [-0.15, -0.1) is 0 Å². The molecule has 11 aromatic rings. The average molecular weight is 690 g/mol. The van der Waals surface area contributed by atoms with Crippen LogP contribution in [0.5, 0.6) is 0 Å². The Bertz CT molecular complexity index is 3190. The highest BCUT2D eigenvalue weighted by molar-refractivity contribution is 6.19. The number of fused-ring (bicyclic) bond motifs is 9. The van der Waals surface area contributed by atoms with Crippen molar-refractivity contribution in [1.82, 2.24) is 15.0 Å². The summed E-state index contributed by atoms with van der Waals surface area (Å²) in [6.45, 7) is 0. The normalized spacial score (nSPS) is 12.1. The van der Waals surface area contributed by atoms with Gasteiger partial charge in [-0.3, -0.25) is 0 Å². The molecule has 0 unspecified atom stereocenters. The molecule has 0 saturated carbocycles. The summed E-state index contributed by atoms with van der Waals surface area (Å²) >= 11 is 0. The van der Waals surface area contributed by atoms with E-state index >= 15 is 0 Å². The SMILES string of the molecule is c1ccc(-c2ccc3c4c(cccc24)-c2ccccc2-3)c(-c2nc(-c3cccc4oc5ccccc5c34)nc(-c3cccc4oc5ccccc5c34)n2)c1. The highest BCUT2D eigenvalue weighted by Crippen LogP contribution is 2.50. The van der Waals surface area contributed by atoms with E-state index in [2.05, 4.69) is 103 Å². The molecule has 54 heavy (non-hydrogen) atoms. The number of furan rings is 2. The zero-order chi connectivity index (χ0) is 35.3. The molecule has 1 aliphatic carbocycles. The Morgan fingerprint density at radius 3 is 1.20 bits per heavy atom. The van der Waals surface area contributed by atoms with Crippen LogP contribution in [0.25, 0.3) is 122 Å². The smallest absolute Gasteiger partial charge is 0.164 e. The van der Waals surface area contributed by atoms with Gasteiger partial charge in [-0.25, -0.2) is 15.0 Å². The molecule has 0 aliphatic heterocycles. The van der Waals surface area contributed by atoms with E-state index in [0.29, 0.717) is 17.5 Å². The first kappa shape index (κ1) is 29.2. The van der Waals surface area contributed by atoms with E-state index in [0.717, 1.165) is 71.7 Å². The standard InChI is InChI=1S/C49H27N3O2/c1-2-13-29-28(12-1)32-18-9-19-33-31(26-27-34(29)44(32)33)30-14-3-4-15-35(30)47-50-48(38-20-10-24-42-45(38)36-16-5-7-22-40(36)53-42)52-49(51-47)39-21-11-25-43-46(39)37-17-6-8-23-41(37)54-43/h1-27H. The number of para-hydroxylation sites is 2. The summed E-state index contributed by atoms with van der Waals surface area (Å²) in [6, 6.07) is 56.7. The van der Waals surface area contributed by atoms with Gasteiger partial charge in [0.1, 0.15) is 22.3 Å². The first-order chi connectivity index (χ1) is 26.8. The van der Waals surface area contributed by atoms with E-state index in [-0.39, 0.29) is 0 Å². The molecule has 0 fully saturated rings. The predicted molar refractivity (Wildman–Crippen MR) is 218 cm³/mol. The van der Waals surface area contributed by atoms with Crippen LogP contribution in [0.4, 0.5) is 0 Å². The molecule has 3 heterocycles. The number of hydrogen-bond donors (Lipinski definition) is 0. The van der Waals surface area contributed by atoms with Gasteiger partial charge in [0.15, 0.2) is 17.5 Å². The molecule has 0 radical (unpaired) electrons. The molecule has 0 atom stereocenters. The van der Waals surface area contributed by atoms with Crippen molar-refractivity contribution in [1.29, 1.82) is 0 Å². The van der Waals surface area contributed by atoms with Crippen LogP contribution in [0.2, 0.25) is 0 Å². The molecule has 12 rings (SSSR count). The second-order valence-corrected chi connectivity index (χ2v) is 13.8. The van der Waals surface area contributed by atoms with E-state index in [9.17, 15) is 0 Å². The first-order valence-corrected chi connectivity index (χ1v) is 18.1. The van der Waals surface area contributed by atoms with Gasteiger partial charge in [-0.2, -0.15) is 0 Å². The molecule has 0 N–H and O–H groups in total. The van der Waals surface area contributed by atoms with E-state index in [1.807, 2.05) is 60.7 Å². The van der Waals surface area contributed by atoms with Crippen molar-refractivity contribution in [3.8, 4) is 67.5 Å². The summed E-state index contributed by atoms with van der Waals surface area (Å²) in [5, 5.41) is 6.46. The second kappa shape index (κ2) is 11.1. The van der Waals surface area contributed by atoms with Gasteiger partial charge in [-0.1, -0.05) is 140 Å². The Balaban J connectivity index is 1.14. The van der Waals surface area contributed by atoms with Gasteiger partial charge in [0, 0.05) is 38.2 Å². The van der Waals surface area contributed by atoms with Crippen LogP contribution >= 0.6 is 0 Å². The van der Waals surface area contributed by atoms with Crippen LogP contribution in [0.1, 0.15) is 0 Å². The second-order valence-electron chi connectivity index (χ2n) is 13.8. The van der Waals surface area contributed by atoms with Gasteiger partial charge in [-0.05, 0) is 68.4 Å². The lowest BCUT2D eigenvalue weighted by Crippen LogP contribution is -2.01. The fourth-order valence-electron chi connectivity index (χ4n) is 8.62. The topological polar surface area (TPSA) is 65.0 Å². The van der Waals surface area contributed by atoms with Crippen molar-refractivity contribution in [2.75, 3.05) is 0 Å². The van der Waals surface area contributed by atoms with Crippen LogP contribution in [0, 0.1) is 0 Å². The van der Waals surface area contributed by atoms with Crippen LogP contribution in [-0.2, 0) is 0 Å². The minimum Gasteiger partial charge on any atom is -0.456 e. The summed E-state index contributed by atoms with van der Waals surface area (Å²) < 4.78 is 12.6. The third-order valence-corrected chi connectivity index (χ3v) is 10.9. The quantitative estimate of drug-likeness (QED) is 0.184. The first-order valence-electron chi connectivity index (χ1n) is 18.1. The third kappa shape index (κ3) is 4.12. The van der Waals surface area contributed by atoms with Crippen LogP contribution in [0.3, 0.4) is 0 Å². The predicted octanol–water partition coefficient (Wildman–Crippen LogP) is 13.1. The molecule has 0 spiro atoms. The third-order valence-electron chi connectivity index (χ3n) is 10.9. The van der Waals surface area contributed by atoms with Crippen molar-refractivity contribution in [2.45, 2.75) is 0 Å². The minimum atomic E-state index is 0.572. The highest BCUT2D eigenvalue weighted by atomic mass is 16.3. The lowest BCUT2D eigenvalue weighted by molar-refractivity contribution is 0.668. The van der Waals surface area contributed by atoms with Crippen molar-refractivity contribution < 1.29 is 8.83 Å². The Morgan fingerprint density at radius 1 is 0.241 bits per heavy atom. The van der Waals surface area contributed by atoms with Gasteiger partial charge in [0.05, 0.1) is 0 Å². The average Bonchev–Trinajstić information content (AvgIpc) is 3.91. The summed E-state index contributed by atoms with van der Waals surface area (Å²) in [5.41, 5.74) is 13.2. The van der Waals surface area contributed by atoms with Crippen LogP contribution in [0.15, 0.2) is 173 Å². The van der Waals surface area contributed by atoms with Crippen LogP contribution in [-0.4, -0.2) is 15.0 Å². The van der Waals surface area contributed by atoms with E-state index in [1.165, 1.54) is 33.0 Å². The van der Waals surface area contributed by atoms with Crippen molar-refractivity contribution >= 4 is 54.6 Å². The van der Waals surface area contributed by atoms with Gasteiger partial charge >= 0.3 is 0 Å². The molecular weight excluding hydrogens is 663 g/mol. The van der Waals surface area contributed by atoms with Crippen molar-refractivity contribution in [3.05, 3.63) is 164 Å². The summed E-state index contributed by atoms with van der Waals surface area (Å²) in [5.74, 6) is 1.73. The molecule has 0 amide bonds. The monoisotopic (exact) mass is 689 g/mol. The largest absolute Gasteiger partial charge is 0.456 e. The molecule has 5 nitrogen and oxygen atoms in total. The Morgan fingerprint density at radius 2 is 0.611 bits per heavy atom. The van der Waals surface area contributed by atoms with E-state index in [4.69, 9.17) is 23.8 Å². The molecule has 3 aromatic heterocycles. The number of benzene rings is 8. The molecule has 5 heteroatoms. The number of nitrogens with zero attached hydrogens (tertiary/aromatic N) is 3. The van der Waals surface area contributed by atoms with Gasteiger partial charge in [0.25, 0.3) is 0 Å². The van der Waals surface area contributed by atoms with E-state index < -0.39 is 0 Å². The Labute approximate surface area is 308 Å². The number of aromatic nitrogens is 3. The molecular formula is C49H27N3O2. The van der Waals surface area contributed by atoms with Gasteiger partial charge < -0.3 is 8.83 Å². The lowest BCUT2D eigenvalue weighted by Gasteiger charge is -2.15. The number of hydrogen-bond acceptors (Lipinski definition) is 5. The lowest BCUT2D eigenvalue weighted by atomic mass is 9.91. The highest BCUT2D eigenvalue weighted by Gasteiger charge is 2.25. The maximum Gasteiger partial charge on any atom is 0.164 e. The summed E-state index contributed by atoms with van der Waals surface area (Å²) in [4.78, 5) is 15.9. The van der Waals surface area contributed by atoms with Crippen LogP contribution < -0.4 is 0 Å². The van der Waals surface area contributed by atoms with Gasteiger partial charge in [0.2, 0.25) is 0 Å². The van der Waals surface area contributed by atoms with Crippen molar-refractivity contribution in [3.63, 3.8) is 0 Å². The zero-order valence-corrected chi connectivity index (χ0v) is 28.7. The zero-order valence-electron chi connectivity index (χ0n) is 28.7. The Hall–Kier alpha value is -7.37. The minimum absolute atomic E-state index is 0.572. The maximum atomic E-state index is 6.32. The maximum absolute atomic E-state index is 6.32. The summed E-state index contributed by atoms with van der Waals surface area (Å²) in [6.07, 6.45) is 0. The fourth-order valence-corrected chi connectivity index (χ4v) is 8.62. The number of rotatable bonds is 4. The van der Waals surface area contributed by atoms with E-state index in [1.54, 1.807) is 0 Å². The Kier molecular flexibility index (Phi) is 5.99. The molecule has 1 aliphatic rings. The molecule has 8 aromatic carbocycles. The molecule has 0 bridgehead atoms. The molecule has 250 valence electrons. The summed E-state index contributed by atoms with van der Waals surface area (Å²) in [7, 11) is 0. The van der Waals surface area contributed by atoms with Crippen molar-refractivity contribution in [2.24, 2.45) is 0 Å². The molecule has 0 saturated heterocycles.